The van der Waals surface area contributed by atoms with Crippen molar-refractivity contribution in [2.24, 2.45) is 0 Å². The summed E-state index contributed by atoms with van der Waals surface area (Å²) < 4.78 is 5.40. The van der Waals surface area contributed by atoms with Gasteiger partial charge in [-0.3, -0.25) is 0 Å². The summed E-state index contributed by atoms with van der Waals surface area (Å²) in [6.07, 6.45) is 1.58. The van der Waals surface area contributed by atoms with E-state index >= 15 is 0 Å². The molecular weight excluding hydrogens is 352 g/mol. The second-order valence-corrected chi connectivity index (χ2v) is 6.34. The summed E-state index contributed by atoms with van der Waals surface area (Å²) >= 11 is 0. The van der Waals surface area contributed by atoms with Gasteiger partial charge in [-0.1, -0.05) is 6.07 Å². The highest BCUT2D eigenvalue weighted by Crippen LogP contribution is 2.28. The number of anilines is 5. The Kier molecular flexibility index (Phi) is 6.26. The molecule has 0 saturated carbocycles. The lowest BCUT2D eigenvalue weighted by Crippen LogP contribution is -2.21. The van der Waals surface area contributed by atoms with Crippen LogP contribution in [0.5, 0.6) is 5.75 Å². The van der Waals surface area contributed by atoms with Crippen LogP contribution in [-0.4, -0.2) is 35.4 Å². The van der Waals surface area contributed by atoms with Gasteiger partial charge in [0.25, 0.3) is 0 Å². The maximum atomic E-state index is 5.40. The number of methoxy groups -OCH3 is 1. The average molecular weight is 378 g/mol. The van der Waals surface area contributed by atoms with Crippen molar-refractivity contribution in [1.82, 2.24) is 15.2 Å². The van der Waals surface area contributed by atoms with E-state index in [9.17, 15) is 0 Å². The first-order valence-electron chi connectivity index (χ1n) is 9.36. The van der Waals surface area contributed by atoms with E-state index in [4.69, 9.17) is 4.74 Å². The third-order valence-corrected chi connectivity index (χ3v) is 4.43. The third-order valence-electron chi connectivity index (χ3n) is 4.43. The molecule has 0 spiro atoms. The van der Waals surface area contributed by atoms with Gasteiger partial charge < -0.3 is 20.3 Å². The third kappa shape index (κ3) is 4.68. The predicted octanol–water partition coefficient (Wildman–Crippen LogP) is 4.52. The first kappa shape index (κ1) is 19.4. The number of benzene rings is 2. The molecule has 1 heterocycles. The monoisotopic (exact) mass is 378 g/mol. The fraction of sp³-hybridized carbons (Fsp3) is 0.286. The SMILES string of the molecule is CCN(CC)c1ccc(Nc2nncc(Nc3cc(C)ccc3OC)n2)cc1. The van der Waals surface area contributed by atoms with E-state index in [1.165, 1.54) is 5.69 Å². The first-order valence-corrected chi connectivity index (χ1v) is 9.36. The van der Waals surface area contributed by atoms with Crippen molar-refractivity contribution in [3.8, 4) is 5.75 Å². The van der Waals surface area contributed by atoms with E-state index in [2.05, 4.69) is 56.7 Å². The predicted molar refractivity (Wildman–Crippen MR) is 114 cm³/mol. The van der Waals surface area contributed by atoms with Crippen molar-refractivity contribution in [3.05, 3.63) is 54.2 Å². The lowest BCUT2D eigenvalue weighted by molar-refractivity contribution is 0.416. The quantitative estimate of drug-likeness (QED) is 0.597. The first-order chi connectivity index (χ1) is 13.6. The summed E-state index contributed by atoms with van der Waals surface area (Å²) in [5, 5.41) is 14.6. The Morgan fingerprint density at radius 3 is 2.43 bits per heavy atom. The molecule has 0 fully saturated rings. The number of hydrogen-bond acceptors (Lipinski definition) is 7. The van der Waals surface area contributed by atoms with Gasteiger partial charge in [-0.15, -0.1) is 5.10 Å². The van der Waals surface area contributed by atoms with Crippen LogP contribution in [0.2, 0.25) is 0 Å². The molecule has 0 amide bonds. The topological polar surface area (TPSA) is 75.2 Å². The zero-order valence-corrected chi connectivity index (χ0v) is 16.7. The number of aromatic nitrogens is 3. The molecule has 3 aromatic rings. The van der Waals surface area contributed by atoms with Crippen LogP contribution < -0.4 is 20.3 Å². The highest BCUT2D eigenvalue weighted by atomic mass is 16.5. The molecule has 28 heavy (non-hydrogen) atoms. The minimum atomic E-state index is 0.423. The molecule has 146 valence electrons. The summed E-state index contributed by atoms with van der Waals surface area (Å²) in [5.74, 6) is 1.75. The fourth-order valence-electron chi connectivity index (χ4n) is 2.95. The largest absolute Gasteiger partial charge is 0.495 e. The number of hydrogen-bond donors (Lipinski definition) is 2. The molecule has 7 nitrogen and oxygen atoms in total. The summed E-state index contributed by atoms with van der Waals surface area (Å²) in [6.45, 7) is 8.28. The second kappa shape index (κ2) is 9.03. The van der Waals surface area contributed by atoms with Crippen LogP contribution in [-0.2, 0) is 0 Å². The molecule has 0 aliphatic heterocycles. The number of aryl methyl sites for hydroxylation is 1. The van der Waals surface area contributed by atoms with Crippen LogP contribution in [0.4, 0.5) is 28.8 Å². The van der Waals surface area contributed by atoms with Crippen molar-refractivity contribution in [2.75, 3.05) is 35.7 Å². The number of nitrogens with zero attached hydrogens (tertiary/aromatic N) is 4. The zero-order chi connectivity index (χ0) is 19.9. The van der Waals surface area contributed by atoms with Crippen molar-refractivity contribution < 1.29 is 4.74 Å². The Morgan fingerprint density at radius 2 is 1.75 bits per heavy atom. The van der Waals surface area contributed by atoms with Gasteiger partial charge in [0.2, 0.25) is 5.95 Å². The Labute approximate surface area is 165 Å². The average Bonchev–Trinajstić information content (AvgIpc) is 2.71. The van der Waals surface area contributed by atoms with Crippen LogP contribution in [0, 0.1) is 6.92 Å². The molecule has 1 aromatic heterocycles. The fourth-order valence-corrected chi connectivity index (χ4v) is 2.95. The summed E-state index contributed by atoms with van der Waals surface area (Å²) in [4.78, 5) is 6.79. The number of ether oxygens (including phenoxy) is 1. The minimum absolute atomic E-state index is 0.423. The van der Waals surface area contributed by atoms with E-state index in [0.717, 1.165) is 35.8 Å². The molecule has 0 unspecified atom stereocenters. The Morgan fingerprint density at radius 1 is 1.00 bits per heavy atom. The highest BCUT2D eigenvalue weighted by Gasteiger charge is 2.07. The number of nitrogens with one attached hydrogen (secondary N) is 2. The lowest BCUT2D eigenvalue weighted by atomic mass is 10.2. The van der Waals surface area contributed by atoms with Crippen molar-refractivity contribution >= 4 is 28.8 Å². The number of rotatable bonds is 8. The molecule has 7 heteroatoms. The maximum absolute atomic E-state index is 5.40. The van der Waals surface area contributed by atoms with Gasteiger partial charge in [-0.25, -0.2) is 0 Å². The summed E-state index contributed by atoms with van der Waals surface area (Å²) in [6, 6.07) is 14.1. The summed E-state index contributed by atoms with van der Waals surface area (Å²) in [5.41, 5.74) is 4.05. The molecule has 0 aliphatic rings. The van der Waals surface area contributed by atoms with Crippen LogP contribution >= 0.6 is 0 Å². The van der Waals surface area contributed by atoms with Gasteiger partial charge in [0.1, 0.15) is 5.75 Å². The van der Waals surface area contributed by atoms with Gasteiger partial charge in [-0.05, 0) is 62.7 Å². The van der Waals surface area contributed by atoms with Crippen molar-refractivity contribution in [1.29, 1.82) is 0 Å². The second-order valence-electron chi connectivity index (χ2n) is 6.34. The van der Waals surface area contributed by atoms with Gasteiger partial charge >= 0.3 is 0 Å². The lowest BCUT2D eigenvalue weighted by Gasteiger charge is -2.21. The smallest absolute Gasteiger partial charge is 0.249 e. The van der Waals surface area contributed by atoms with E-state index in [-0.39, 0.29) is 0 Å². The molecule has 0 bridgehead atoms. The zero-order valence-electron chi connectivity index (χ0n) is 16.7. The maximum Gasteiger partial charge on any atom is 0.249 e. The summed E-state index contributed by atoms with van der Waals surface area (Å²) in [7, 11) is 1.64. The molecular formula is C21H26N6O. The van der Waals surface area contributed by atoms with Gasteiger partial charge in [0, 0.05) is 24.5 Å². The standard InChI is InChI=1S/C21H26N6O/c1-5-27(6-2)17-10-8-16(9-11-17)23-21-25-20(14-22-26-21)24-18-13-15(3)7-12-19(18)28-4/h7-14H,5-6H2,1-4H3,(H2,23,24,25,26). The van der Waals surface area contributed by atoms with Gasteiger partial charge in [0.05, 0.1) is 19.0 Å². The highest BCUT2D eigenvalue weighted by molar-refractivity contribution is 5.66. The molecule has 2 N–H and O–H groups in total. The van der Waals surface area contributed by atoms with Crippen LogP contribution in [0.15, 0.2) is 48.7 Å². The Bertz CT molecular complexity index is 909. The van der Waals surface area contributed by atoms with E-state index < -0.39 is 0 Å². The molecule has 3 rings (SSSR count). The van der Waals surface area contributed by atoms with E-state index in [0.29, 0.717) is 11.8 Å². The molecule has 0 aliphatic carbocycles. The molecule has 0 radical (unpaired) electrons. The molecule has 2 aromatic carbocycles. The molecule has 0 atom stereocenters. The van der Waals surface area contributed by atoms with Crippen molar-refractivity contribution in [3.63, 3.8) is 0 Å². The van der Waals surface area contributed by atoms with E-state index in [1.807, 2.05) is 37.3 Å². The van der Waals surface area contributed by atoms with Crippen LogP contribution in [0.1, 0.15) is 19.4 Å². The van der Waals surface area contributed by atoms with Crippen LogP contribution in [0.25, 0.3) is 0 Å². The molecule has 0 saturated heterocycles. The Balaban J connectivity index is 1.74. The Hall–Kier alpha value is -3.35. The minimum Gasteiger partial charge on any atom is -0.495 e. The van der Waals surface area contributed by atoms with Gasteiger partial charge in [-0.2, -0.15) is 10.1 Å². The van der Waals surface area contributed by atoms with Gasteiger partial charge in [0.15, 0.2) is 5.82 Å². The normalized spacial score (nSPS) is 10.4. The van der Waals surface area contributed by atoms with Crippen molar-refractivity contribution in [2.45, 2.75) is 20.8 Å². The van der Waals surface area contributed by atoms with Crippen LogP contribution in [0.3, 0.4) is 0 Å². The van der Waals surface area contributed by atoms with E-state index in [1.54, 1.807) is 13.3 Å².